The number of rotatable bonds is 4. The van der Waals surface area contributed by atoms with E-state index in [4.69, 9.17) is 16.3 Å². The van der Waals surface area contributed by atoms with Crippen molar-refractivity contribution in [2.75, 3.05) is 11.4 Å². The minimum absolute atomic E-state index is 0.103. The van der Waals surface area contributed by atoms with Gasteiger partial charge in [0, 0.05) is 48.7 Å². The summed E-state index contributed by atoms with van der Waals surface area (Å²) in [5, 5.41) is 13.9. The van der Waals surface area contributed by atoms with Gasteiger partial charge in [0.2, 0.25) is 5.91 Å². The van der Waals surface area contributed by atoms with Crippen LogP contribution in [0.5, 0.6) is 0 Å². The molecule has 0 bridgehead atoms. The molecule has 1 fully saturated rings. The van der Waals surface area contributed by atoms with Crippen LogP contribution in [0.15, 0.2) is 48.7 Å². The summed E-state index contributed by atoms with van der Waals surface area (Å²) < 4.78 is 19.9. The monoisotopic (exact) mass is 459 g/mol. The third-order valence-corrected chi connectivity index (χ3v) is 5.42. The first kappa shape index (κ1) is 21.8. The predicted octanol–water partition coefficient (Wildman–Crippen LogP) is 3.45. The van der Waals surface area contributed by atoms with Crippen molar-refractivity contribution in [3.05, 3.63) is 65.1 Å². The molecule has 0 spiro atoms. The maximum Gasteiger partial charge on any atom is 0.410 e. The molecule has 1 aromatic heterocycles. The van der Waals surface area contributed by atoms with Crippen LogP contribution in [0, 0.1) is 5.82 Å². The van der Waals surface area contributed by atoms with E-state index < -0.39 is 23.6 Å². The highest BCUT2D eigenvalue weighted by atomic mass is 35.5. The van der Waals surface area contributed by atoms with Gasteiger partial charge in [0.15, 0.2) is 0 Å². The lowest BCUT2D eigenvalue weighted by Gasteiger charge is -2.22. The zero-order valence-electron chi connectivity index (χ0n) is 17.0. The van der Waals surface area contributed by atoms with Gasteiger partial charge < -0.3 is 20.1 Å². The van der Waals surface area contributed by atoms with E-state index in [1.54, 1.807) is 30.5 Å². The molecule has 1 atom stereocenters. The summed E-state index contributed by atoms with van der Waals surface area (Å²) >= 11 is 5.78. The van der Waals surface area contributed by atoms with Crippen LogP contribution < -0.4 is 10.2 Å². The number of alkyl carbamates (subject to hydrolysis) is 1. The lowest BCUT2D eigenvalue weighted by atomic mass is 10.2. The average molecular weight is 460 g/mol. The van der Waals surface area contributed by atoms with Crippen LogP contribution in [0.3, 0.4) is 0 Å². The number of amides is 2. The molecule has 32 heavy (non-hydrogen) atoms. The molecule has 3 aromatic rings. The zero-order chi connectivity index (χ0) is 23.0. The average Bonchev–Trinajstić information content (AvgIpc) is 3.27. The summed E-state index contributed by atoms with van der Waals surface area (Å²) in [5.41, 5.74) is 1.58. The van der Waals surface area contributed by atoms with Gasteiger partial charge in [-0.1, -0.05) is 11.6 Å². The number of carbonyl (C=O) groups excluding carboxylic acids is 3. The van der Waals surface area contributed by atoms with Crippen molar-refractivity contribution in [1.29, 1.82) is 0 Å². The van der Waals surface area contributed by atoms with Crippen molar-refractivity contribution in [1.82, 2.24) is 9.88 Å². The van der Waals surface area contributed by atoms with E-state index >= 15 is 0 Å². The van der Waals surface area contributed by atoms with E-state index in [0.717, 1.165) is 11.5 Å². The Balaban J connectivity index is 1.44. The van der Waals surface area contributed by atoms with Gasteiger partial charge in [0.05, 0.1) is 5.52 Å². The molecule has 0 saturated carbocycles. The van der Waals surface area contributed by atoms with E-state index in [1.165, 1.54) is 28.5 Å². The summed E-state index contributed by atoms with van der Waals surface area (Å²) in [6, 6.07) is 10.6. The highest BCUT2D eigenvalue weighted by Crippen LogP contribution is 2.31. The Bertz CT molecular complexity index is 1220. The van der Waals surface area contributed by atoms with Crippen LogP contribution >= 0.6 is 11.6 Å². The smallest absolute Gasteiger partial charge is 0.407 e. The van der Waals surface area contributed by atoms with Crippen LogP contribution in [0.1, 0.15) is 23.7 Å². The Kier molecular flexibility index (Phi) is 5.62. The van der Waals surface area contributed by atoms with Crippen molar-refractivity contribution in [2.45, 2.75) is 25.7 Å². The van der Waals surface area contributed by atoms with Gasteiger partial charge in [0.25, 0.3) is 11.7 Å². The maximum atomic E-state index is 13.4. The summed E-state index contributed by atoms with van der Waals surface area (Å²) in [6.07, 6.45) is 0.479. The Labute approximate surface area is 187 Å². The number of benzene rings is 2. The number of carbonyl (C=O) groups is 3. The number of hydrogen-bond acceptors (Lipinski definition) is 5. The summed E-state index contributed by atoms with van der Waals surface area (Å²) in [7, 11) is 0. The molecule has 2 amide bonds. The van der Waals surface area contributed by atoms with Crippen LogP contribution in [0.25, 0.3) is 10.9 Å². The summed E-state index contributed by atoms with van der Waals surface area (Å²) in [6.45, 7) is 1.47. The molecule has 2 aromatic carbocycles. The number of aliphatic hydroxyl groups is 1. The summed E-state index contributed by atoms with van der Waals surface area (Å²) in [5.74, 6) is -3.81. The third kappa shape index (κ3) is 4.17. The van der Waals surface area contributed by atoms with Crippen LogP contribution in [-0.4, -0.2) is 39.9 Å². The Morgan fingerprint density at radius 2 is 2.03 bits per heavy atom. The highest BCUT2D eigenvalue weighted by molar-refractivity contribution is 6.30. The number of aromatic nitrogens is 1. The van der Waals surface area contributed by atoms with Crippen molar-refractivity contribution >= 4 is 46.1 Å². The van der Waals surface area contributed by atoms with Crippen molar-refractivity contribution in [3.63, 3.8) is 0 Å². The molecule has 1 aliphatic rings. The molecule has 2 N–H and O–H groups in total. The summed E-state index contributed by atoms with van der Waals surface area (Å²) in [4.78, 5) is 37.9. The van der Waals surface area contributed by atoms with E-state index in [9.17, 15) is 23.9 Å². The standard InChI is InChI=1S/C22H19ClFN3O5/c1-13(28)26-6-4-15-10-18(2-3-19(15)26)27-7-5-22(31,20(27)29)32-21(30)25-12-14-8-16(23)11-17(24)9-14/h2-4,6,8-11,31H,5,7,12H2,1H3,(H,25,30)/t22-/m1/s1. The number of halogens is 2. The predicted molar refractivity (Wildman–Crippen MR) is 115 cm³/mol. The topological polar surface area (TPSA) is 101 Å². The van der Waals surface area contributed by atoms with Crippen LogP contribution in [0.2, 0.25) is 5.02 Å². The molecule has 8 nitrogen and oxygen atoms in total. The second kappa shape index (κ2) is 8.25. The van der Waals surface area contributed by atoms with E-state index in [2.05, 4.69) is 5.32 Å². The number of anilines is 1. The van der Waals surface area contributed by atoms with E-state index in [0.29, 0.717) is 16.8 Å². The van der Waals surface area contributed by atoms with Gasteiger partial charge >= 0.3 is 6.09 Å². The number of nitrogens with zero attached hydrogens (tertiary/aromatic N) is 2. The molecule has 1 aliphatic heterocycles. The van der Waals surface area contributed by atoms with Gasteiger partial charge in [-0.2, -0.15) is 0 Å². The zero-order valence-corrected chi connectivity index (χ0v) is 17.7. The first-order valence-corrected chi connectivity index (χ1v) is 10.1. The van der Waals surface area contributed by atoms with Gasteiger partial charge in [-0.15, -0.1) is 0 Å². The fraction of sp³-hybridized carbons (Fsp3) is 0.227. The largest absolute Gasteiger partial charge is 0.410 e. The minimum Gasteiger partial charge on any atom is -0.407 e. The first-order valence-electron chi connectivity index (χ1n) is 9.74. The number of fused-ring (bicyclic) bond motifs is 1. The van der Waals surface area contributed by atoms with Crippen LogP contribution in [0.4, 0.5) is 14.9 Å². The quantitative estimate of drug-likeness (QED) is 0.582. The van der Waals surface area contributed by atoms with Crippen molar-refractivity contribution in [3.8, 4) is 0 Å². The fourth-order valence-electron chi connectivity index (χ4n) is 3.67. The third-order valence-electron chi connectivity index (χ3n) is 5.20. The molecular formula is C22H19ClFN3O5. The number of hydrogen-bond donors (Lipinski definition) is 2. The number of ether oxygens (including phenoxy) is 1. The van der Waals surface area contributed by atoms with Gasteiger partial charge in [0.1, 0.15) is 5.82 Å². The van der Waals surface area contributed by atoms with Gasteiger partial charge in [-0.05, 0) is 48.0 Å². The second-order valence-corrected chi connectivity index (χ2v) is 7.90. The first-order chi connectivity index (χ1) is 15.2. The molecule has 0 aliphatic carbocycles. The Morgan fingerprint density at radius 1 is 1.25 bits per heavy atom. The lowest BCUT2D eigenvalue weighted by Crippen LogP contribution is -2.46. The molecule has 166 valence electrons. The number of nitrogens with one attached hydrogen (secondary N) is 1. The van der Waals surface area contributed by atoms with Crippen molar-refractivity contribution < 1.29 is 28.6 Å². The van der Waals surface area contributed by atoms with Gasteiger partial charge in [-0.3, -0.25) is 14.2 Å². The SMILES string of the molecule is CC(=O)n1ccc2cc(N3CC[C@@](O)(OC(=O)NCc4cc(F)cc(Cl)c4)C3=O)ccc21. The Hall–Kier alpha value is -3.43. The van der Waals surface area contributed by atoms with E-state index in [1.807, 2.05) is 0 Å². The molecule has 4 rings (SSSR count). The minimum atomic E-state index is -2.33. The lowest BCUT2D eigenvalue weighted by molar-refractivity contribution is -0.175. The second-order valence-electron chi connectivity index (χ2n) is 7.46. The molecule has 2 heterocycles. The Morgan fingerprint density at radius 3 is 2.75 bits per heavy atom. The van der Waals surface area contributed by atoms with Crippen LogP contribution in [-0.2, 0) is 16.1 Å². The maximum absolute atomic E-state index is 13.4. The molecule has 0 unspecified atom stereocenters. The van der Waals surface area contributed by atoms with E-state index in [-0.39, 0.29) is 30.4 Å². The molecule has 10 heteroatoms. The fourth-order valence-corrected chi connectivity index (χ4v) is 3.92. The molecule has 0 radical (unpaired) electrons. The van der Waals surface area contributed by atoms with Gasteiger partial charge in [-0.25, -0.2) is 9.18 Å². The normalized spacial score (nSPS) is 18.2. The highest BCUT2D eigenvalue weighted by Gasteiger charge is 2.49. The molecule has 1 saturated heterocycles. The van der Waals surface area contributed by atoms with Crippen molar-refractivity contribution in [2.24, 2.45) is 0 Å². The molecular weight excluding hydrogens is 441 g/mol.